The van der Waals surface area contributed by atoms with Gasteiger partial charge in [0.15, 0.2) is 5.78 Å². The Kier molecular flexibility index (Phi) is 3.64. The Bertz CT molecular complexity index is 682. The second-order valence-corrected chi connectivity index (χ2v) is 5.67. The smallest absolute Gasteiger partial charge is 0.164 e. The van der Waals surface area contributed by atoms with Gasteiger partial charge >= 0.3 is 0 Å². The van der Waals surface area contributed by atoms with Crippen molar-refractivity contribution in [3.05, 3.63) is 69.7 Å². The molecule has 20 heavy (non-hydrogen) atoms. The molecule has 0 spiro atoms. The minimum Gasteiger partial charge on any atom is -0.294 e. The van der Waals surface area contributed by atoms with Crippen LogP contribution in [0.15, 0.2) is 48.5 Å². The van der Waals surface area contributed by atoms with E-state index in [1.54, 1.807) is 6.07 Å². The second kappa shape index (κ2) is 5.43. The van der Waals surface area contributed by atoms with Gasteiger partial charge in [-0.1, -0.05) is 53.5 Å². The topological polar surface area (TPSA) is 17.1 Å². The molecular weight excluding hydrogens is 291 g/mol. The van der Waals surface area contributed by atoms with Crippen LogP contribution in [0, 0.1) is 0 Å². The molecule has 0 unspecified atom stereocenters. The minimum atomic E-state index is 0.183. The van der Waals surface area contributed by atoms with E-state index < -0.39 is 0 Å². The van der Waals surface area contributed by atoms with Gasteiger partial charge in [0, 0.05) is 22.0 Å². The predicted molar refractivity (Wildman–Crippen MR) is 84.0 cm³/mol. The summed E-state index contributed by atoms with van der Waals surface area (Å²) < 4.78 is 0. The lowest BCUT2D eigenvalue weighted by Crippen LogP contribution is -1.95. The van der Waals surface area contributed by atoms with Crippen molar-refractivity contribution < 1.29 is 4.79 Å². The maximum atomic E-state index is 12.2. The van der Waals surface area contributed by atoms with Gasteiger partial charge in [0.25, 0.3) is 0 Å². The molecule has 1 nitrogen and oxygen atoms in total. The number of rotatable bonds is 2. The summed E-state index contributed by atoms with van der Waals surface area (Å²) in [5.41, 5.74) is 3.72. The molecule has 0 saturated carbocycles. The molecular formula is C17H12Cl2O. The van der Waals surface area contributed by atoms with Gasteiger partial charge in [-0.05, 0) is 41.3 Å². The molecule has 0 bridgehead atoms. The Morgan fingerprint density at radius 3 is 2.10 bits per heavy atom. The number of halogens is 2. The molecule has 0 amide bonds. The van der Waals surface area contributed by atoms with Crippen molar-refractivity contribution in [1.29, 1.82) is 0 Å². The van der Waals surface area contributed by atoms with Crippen LogP contribution < -0.4 is 0 Å². The molecule has 0 atom stereocenters. The number of allylic oxidation sites excluding steroid dienone is 2. The van der Waals surface area contributed by atoms with E-state index in [1.165, 1.54) is 0 Å². The Labute approximate surface area is 127 Å². The van der Waals surface area contributed by atoms with Crippen LogP contribution in [0.2, 0.25) is 10.0 Å². The van der Waals surface area contributed by atoms with Crippen molar-refractivity contribution in [1.82, 2.24) is 0 Å². The first-order valence-electron chi connectivity index (χ1n) is 6.43. The first-order valence-corrected chi connectivity index (χ1v) is 7.19. The van der Waals surface area contributed by atoms with Crippen molar-refractivity contribution in [2.45, 2.75) is 12.8 Å². The van der Waals surface area contributed by atoms with Gasteiger partial charge in [-0.3, -0.25) is 4.79 Å². The molecule has 1 aliphatic rings. The van der Waals surface area contributed by atoms with E-state index in [4.69, 9.17) is 23.2 Å². The summed E-state index contributed by atoms with van der Waals surface area (Å²) in [5.74, 6) is 0.183. The largest absolute Gasteiger partial charge is 0.294 e. The quantitative estimate of drug-likeness (QED) is 0.739. The standard InChI is InChI=1S/C17H12Cl2O/c18-13-8-12(9-14(19)10-13)15-6-7-16(20)17(15)11-4-2-1-3-5-11/h1-5,8-10H,6-7H2. The van der Waals surface area contributed by atoms with Crippen LogP contribution in [-0.4, -0.2) is 5.78 Å². The number of carbonyl (C=O) groups is 1. The molecule has 3 heteroatoms. The van der Waals surface area contributed by atoms with Gasteiger partial charge in [-0.25, -0.2) is 0 Å². The van der Waals surface area contributed by atoms with Crippen LogP contribution in [0.5, 0.6) is 0 Å². The van der Waals surface area contributed by atoms with Crippen molar-refractivity contribution in [2.75, 3.05) is 0 Å². The summed E-state index contributed by atoms with van der Waals surface area (Å²) in [4.78, 5) is 12.2. The van der Waals surface area contributed by atoms with Crippen LogP contribution in [0.1, 0.15) is 24.0 Å². The van der Waals surface area contributed by atoms with E-state index in [0.717, 1.165) is 28.7 Å². The van der Waals surface area contributed by atoms with Crippen molar-refractivity contribution in [3.63, 3.8) is 0 Å². The average molecular weight is 303 g/mol. The van der Waals surface area contributed by atoms with Gasteiger partial charge in [0.1, 0.15) is 0 Å². The number of benzene rings is 2. The maximum absolute atomic E-state index is 12.2. The van der Waals surface area contributed by atoms with Crippen molar-refractivity contribution in [3.8, 4) is 0 Å². The van der Waals surface area contributed by atoms with E-state index in [1.807, 2.05) is 42.5 Å². The molecule has 0 aromatic heterocycles. The van der Waals surface area contributed by atoms with E-state index in [0.29, 0.717) is 16.5 Å². The summed E-state index contributed by atoms with van der Waals surface area (Å²) in [6.07, 6.45) is 1.28. The Morgan fingerprint density at radius 2 is 1.45 bits per heavy atom. The minimum absolute atomic E-state index is 0.183. The molecule has 0 radical (unpaired) electrons. The lowest BCUT2D eigenvalue weighted by molar-refractivity contribution is -0.113. The second-order valence-electron chi connectivity index (χ2n) is 4.80. The average Bonchev–Trinajstić information content (AvgIpc) is 2.80. The van der Waals surface area contributed by atoms with Gasteiger partial charge in [0.05, 0.1) is 0 Å². The molecule has 3 rings (SSSR count). The highest BCUT2D eigenvalue weighted by atomic mass is 35.5. The number of hydrogen-bond acceptors (Lipinski definition) is 1. The Hall–Kier alpha value is -1.57. The zero-order valence-corrected chi connectivity index (χ0v) is 12.2. The van der Waals surface area contributed by atoms with E-state index in [9.17, 15) is 4.79 Å². The fraction of sp³-hybridized carbons (Fsp3) is 0.118. The van der Waals surface area contributed by atoms with E-state index in [2.05, 4.69) is 0 Å². The lowest BCUT2D eigenvalue weighted by Gasteiger charge is -2.08. The third-order valence-electron chi connectivity index (χ3n) is 3.46. The summed E-state index contributed by atoms with van der Waals surface area (Å²) in [6.45, 7) is 0. The molecule has 100 valence electrons. The van der Waals surface area contributed by atoms with Gasteiger partial charge < -0.3 is 0 Å². The van der Waals surface area contributed by atoms with Gasteiger partial charge in [-0.2, -0.15) is 0 Å². The maximum Gasteiger partial charge on any atom is 0.164 e. The summed E-state index contributed by atoms with van der Waals surface area (Å²) in [5, 5.41) is 1.18. The number of hydrogen-bond donors (Lipinski definition) is 0. The Morgan fingerprint density at radius 1 is 0.800 bits per heavy atom. The number of Topliss-reactive ketones (excluding diaryl/α,β-unsaturated/α-hetero) is 1. The van der Waals surface area contributed by atoms with Crippen molar-refractivity contribution in [2.24, 2.45) is 0 Å². The van der Waals surface area contributed by atoms with E-state index in [-0.39, 0.29) is 5.78 Å². The third kappa shape index (κ3) is 2.52. The fourth-order valence-corrected chi connectivity index (χ4v) is 3.14. The van der Waals surface area contributed by atoms with Gasteiger partial charge in [0.2, 0.25) is 0 Å². The summed E-state index contributed by atoms with van der Waals surface area (Å²) in [6, 6.07) is 15.2. The highest BCUT2D eigenvalue weighted by Crippen LogP contribution is 2.38. The van der Waals surface area contributed by atoms with Gasteiger partial charge in [-0.15, -0.1) is 0 Å². The van der Waals surface area contributed by atoms with Crippen LogP contribution in [0.25, 0.3) is 11.1 Å². The zero-order valence-electron chi connectivity index (χ0n) is 10.7. The SMILES string of the molecule is O=C1CCC(c2cc(Cl)cc(Cl)c2)=C1c1ccccc1. The summed E-state index contributed by atoms with van der Waals surface area (Å²) in [7, 11) is 0. The monoisotopic (exact) mass is 302 g/mol. The molecule has 2 aromatic carbocycles. The van der Waals surface area contributed by atoms with Crippen molar-refractivity contribution >= 4 is 40.1 Å². The highest BCUT2D eigenvalue weighted by molar-refractivity contribution is 6.36. The Balaban J connectivity index is 2.18. The van der Waals surface area contributed by atoms with Crippen LogP contribution in [0.3, 0.4) is 0 Å². The lowest BCUT2D eigenvalue weighted by atomic mass is 9.97. The van der Waals surface area contributed by atoms with Crippen LogP contribution >= 0.6 is 23.2 Å². The predicted octanol–water partition coefficient (Wildman–Crippen LogP) is 5.27. The number of carbonyl (C=O) groups excluding carboxylic acids is 1. The first-order chi connectivity index (χ1) is 9.65. The summed E-state index contributed by atoms with van der Waals surface area (Å²) >= 11 is 12.1. The zero-order chi connectivity index (χ0) is 14.1. The van der Waals surface area contributed by atoms with E-state index >= 15 is 0 Å². The normalized spacial score (nSPS) is 15.0. The molecule has 1 aliphatic carbocycles. The molecule has 0 heterocycles. The molecule has 0 N–H and O–H groups in total. The first kappa shape index (κ1) is 13.4. The molecule has 0 aliphatic heterocycles. The molecule has 0 saturated heterocycles. The third-order valence-corrected chi connectivity index (χ3v) is 3.89. The van der Waals surface area contributed by atoms with Crippen LogP contribution in [0.4, 0.5) is 0 Å². The number of ketones is 1. The van der Waals surface area contributed by atoms with Crippen LogP contribution in [-0.2, 0) is 4.79 Å². The highest BCUT2D eigenvalue weighted by Gasteiger charge is 2.25. The fourth-order valence-electron chi connectivity index (χ4n) is 2.61. The molecule has 2 aromatic rings. The molecule has 0 fully saturated rings.